The summed E-state index contributed by atoms with van der Waals surface area (Å²) < 4.78 is 97.8. The van der Waals surface area contributed by atoms with Gasteiger partial charge in [-0.1, -0.05) is 0 Å². The number of nitrogens with two attached hydrogens (primary N) is 1. The molecule has 0 aromatic carbocycles. The van der Waals surface area contributed by atoms with E-state index >= 15 is 0 Å². The number of amides is 1. The fraction of sp³-hybridized carbons (Fsp3) is 0.956. The van der Waals surface area contributed by atoms with Gasteiger partial charge < -0.3 is 106 Å². The van der Waals surface area contributed by atoms with Crippen LogP contribution >= 0.6 is 0 Å². The van der Waals surface area contributed by atoms with Crippen molar-refractivity contribution < 1.29 is 105 Å². The topological polar surface area (TPSA) is 280 Å². The lowest BCUT2D eigenvalue weighted by Gasteiger charge is -2.28. The highest BCUT2D eigenvalue weighted by molar-refractivity contribution is 5.75. The van der Waals surface area contributed by atoms with Crippen LogP contribution in [0.15, 0.2) is 0 Å². The molecule has 1 atom stereocenters. The summed E-state index contributed by atoms with van der Waals surface area (Å²) in [5.41, 5.74) is 8.33. The second-order valence-electron chi connectivity index (χ2n) is 14.6. The molecule has 0 aromatic rings. The van der Waals surface area contributed by atoms with Crippen molar-refractivity contribution in [3.63, 3.8) is 0 Å². The number of aldehydes is 1. The molecule has 0 rings (SSSR count). The molecule has 0 spiro atoms. The van der Waals surface area contributed by atoms with Crippen LogP contribution in [0.3, 0.4) is 0 Å². The lowest BCUT2D eigenvalue weighted by molar-refractivity contribution is -0.122. The van der Waals surface area contributed by atoms with E-state index in [-0.39, 0.29) is 71.6 Å². The van der Waals surface area contributed by atoms with Crippen molar-refractivity contribution in [2.75, 3.05) is 265 Å². The number of hydroxylamine groups is 1. The van der Waals surface area contributed by atoms with Crippen molar-refractivity contribution in [1.29, 1.82) is 0 Å². The number of nitrogens with one attached hydrogen (secondary N) is 2. The van der Waals surface area contributed by atoms with Crippen LogP contribution in [0.4, 0.5) is 0 Å². The van der Waals surface area contributed by atoms with Crippen molar-refractivity contribution in [3.05, 3.63) is 0 Å². The number of ether oxygens (including phenoxy) is 18. The molecule has 0 bridgehead atoms. The average Bonchev–Trinajstić information content (AvgIpc) is 3.36. The monoisotopic (exact) mass is 1030 g/mol. The number of aliphatic hydroxyl groups excluding tert-OH is 1. The van der Waals surface area contributed by atoms with Crippen molar-refractivity contribution in [2.45, 2.75) is 18.4 Å². The van der Waals surface area contributed by atoms with Crippen molar-refractivity contribution in [1.82, 2.24) is 10.8 Å². The van der Waals surface area contributed by atoms with Gasteiger partial charge in [-0.15, -0.1) is 0 Å². The molecule has 0 radical (unpaired) electrons. The minimum Gasteiger partial charge on any atom is -0.394 e. The number of hydrogen-bond acceptors (Lipinski definition) is 24. The second-order valence-corrected chi connectivity index (χ2v) is 14.6. The van der Waals surface area contributed by atoms with Crippen LogP contribution in [0.5, 0.6) is 0 Å². The molecule has 1 amide bonds. The van der Waals surface area contributed by atoms with E-state index in [2.05, 4.69) is 10.8 Å². The fourth-order valence-corrected chi connectivity index (χ4v) is 5.01. The summed E-state index contributed by atoms with van der Waals surface area (Å²) in [4.78, 5) is 28.4. The van der Waals surface area contributed by atoms with Gasteiger partial charge >= 0.3 is 0 Å². The second kappa shape index (κ2) is 59.8. The van der Waals surface area contributed by atoms with Gasteiger partial charge in [0.25, 0.3) is 0 Å². The summed E-state index contributed by atoms with van der Waals surface area (Å²) in [6.45, 7) is 15.4. The van der Waals surface area contributed by atoms with E-state index in [0.29, 0.717) is 205 Å². The Hall–Kier alpha value is -1.74. The van der Waals surface area contributed by atoms with E-state index in [1.165, 1.54) is 0 Å². The van der Waals surface area contributed by atoms with E-state index in [1.807, 2.05) is 0 Å². The molecule has 70 heavy (non-hydrogen) atoms. The van der Waals surface area contributed by atoms with E-state index in [1.54, 1.807) is 7.11 Å². The Morgan fingerprint density at radius 2 is 0.729 bits per heavy atom. The largest absolute Gasteiger partial charge is 0.394 e. The Morgan fingerprint density at radius 3 is 1.10 bits per heavy atom. The van der Waals surface area contributed by atoms with Crippen LogP contribution in [0, 0.1) is 0 Å². The normalized spacial score (nSPS) is 12.5. The zero-order chi connectivity index (χ0) is 50.6. The standard InChI is InChI=1S/C45H91N3O22/c1-52-13-14-56-21-22-60-29-30-64-37-38-66-35-32-62-27-24-58-19-16-54-11-5-48-70-40-39-69-43-45(46,41-67-8-2-6-49)42-68-9-3-44(51)47-4-10-53-15-18-57-23-26-61-31-34-65-36-33-63-28-25-59-20-17-55-12-7-50/h6,48,50H,2-5,7-43,46H2,1H3,(H,47,51). The third-order valence-electron chi connectivity index (χ3n) is 8.50. The summed E-state index contributed by atoms with van der Waals surface area (Å²) >= 11 is 0. The minimum atomic E-state index is -1.00. The van der Waals surface area contributed by atoms with Crippen LogP contribution in [-0.4, -0.2) is 287 Å². The quantitative estimate of drug-likeness (QED) is 0.0298. The van der Waals surface area contributed by atoms with Gasteiger partial charge in [0.2, 0.25) is 5.91 Å². The van der Waals surface area contributed by atoms with Gasteiger partial charge in [-0.05, 0) is 0 Å². The highest BCUT2D eigenvalue weighted by Crippen LogP contribution is 2.06. The van der Waals surface area contributed by atoms with E-state index < -0.39 is 5.54 Å². The molecule has 418 valence electrons. The van der Waals surface area contributed by atoms with Gasteiger partial charge in [0, 0.05) is 33.0 Å². The predicted octanol–water partition coefficient (Wildman–Crippen LogP) is -1.78. The first-order chi connectivity index (χ1) is 34.6. The predicted molar refractivity (Wildman–Crippen MR) is 252 cm³/mol. The third-order valence-corrected chi connectivity index (χ3v) is 8.50. The van der Waals surface area contributed by atoms with Crippen molar-refractivity contribution in [3.8, 4) is 0 Å². The molecule has 0 saturated carbocycles. The summed E-state index contributed by atoms with van der Waals surface area (Å²) in [7, 11) is 1.64. The van der Waals surface area contributed by atoms with E-state index in [9.17, 15) is 9.59 Å². The zero-order valence-corrected chi connectivity index (χ0v) is 42.2. The molecule has 0 fully saturated rings. The van der Waals surface area contributed by atoms with Crippen LogP contribution in [-0.2, 0) is 99.7 Å². The Kier molecular flexibility index (Phi) is 58.3. The van der Waals surface area contributed by atoms with Crippen LogP contribution in [0.25, 0.3) is 0 Å². The Morgan fingerprint density at radius 1 is 0.414 bits per heavy atom. The maximum atomic E-state index is 12.3. The summed E-state index contributed by atoms with van der Waals surface area (Å²) in [5, 5.41) is 11.4. The smallest absolute Gasteiger partial charge is 0.222 e. The summed E-state index contributed by atoms with van der Waals surface area (Å²) in [5.74, 6) is -0.186. The number of carbonyl (C=O) groups excluding carboxylic acids is 2. The van der Waals surface area contributed by atoms with Gasteiger partial charge in [0.15, 0.2) is 0 Å². The first-order valence-electron chi connectivity index (χ1n) is 24.3. The lowest BCUT2D eigenvalue weighted by Crippen LogP contribution is -2.53. The number of methoxy groups -OCH3 is 1. The van der Waals surface area contributed by atoms with E-state index in [4.69, 9.17) is 101 Å². The van der Waals surface area contributed by atoms with Crippen molar-refractivity contribution >= 4 is 12.2 Å². The van der Waals surface area contributed by atoms with Crippen LogP contribution < -0.4 is 16.5 Å². The van der Waals surface area contributed by atoms with Crippen LogP contribution in [0.1, 0.15) is 12.8 Å². The first-order valence-corrected chi connectivity index (χ1v) is 24.3. The number of rotatable bonds is 63. The Labute approximate surface area is 415 Å². The SMILES string of the molecule is COCCOCCOCCOCCOCCOCCOCCOCCNOCCOCC(N)(COCCC=O)COCCC(=O)NCCOCCOCCOCCOCCOCCOCCOCCO. The van der Waals surface area contributed by atoms with Gasteiger partial charge in [-0.25, -0.2) is 5.48 Å². The Bertz CT molecular complexity index is 1040. The van der Waals surface area contributed by atoms with Crippen molar-refractivity contribution in [2.24, 2.45) is 5.73 Å². The molecule has 25 heteroatoms. The maximum absolute atomic E-state index is 12.3. The molecule has 0 aliphatic carbocycles. The summed E-state index contributed by atoms with van der Waals surface area (Å²) in [6.07, 6.45) is 1.15. The molecule has 0 aliphatic rings. The first kappa shape index (κ1) is 68.3. The number of hydrogen-bond donors (Lipinski definition) is 4. The molecule has 0 saturated heterocycles. The zero-order valence-electron chi connectivity index (χ0n) is 42.2. The average molecular weight is 1030 g/mol. The minimum absolute atomic E-state index is 0.00600. The molecule has 1 unspecified atom stereocenters. The van der Waals surface area contributed by atoms with Gasteiger partial charge in [-0.3, -0.25) is 9.63 Å². The highest BCUT2D eigenvalue weighted by Gasteiger charge is 2.27. The molecule has 25 nitrogen and oxygen atoms in total. The summed E-state index contributed by atoms with van der Waals surface area (Å²) in [6, 6.07) is 0. The molecule has 0 aliphatic heterocycles. The molecular formula is C45H91N3O22. The molecule has 5 N–H and O–H groups in total. The lowest BCUT2D eigenvalue weighted by atomic mass is 10.1. The van der Waals surface area contributed by atoms with E-state index in [0.717, 1.165) is 6.29 Å². The maximum Gasteiger partial charge on any atom is 0.222 e. The fourth-order valence-electron chi connectivity index (χ4n) is 5.01. The Balaban J connectivity index is 3.64. The van der Waals surface area contributed by atoms with Gasteiger partial charge in [-0.2, -0.15) is 0 Å². The highest BCUT2D eigenvalue weighted by atomic mass is 16.7. The molecule has 0 aromatic heterocycles. The molecule has 0 heterocycles. The number of aliphatic hydroxyl groups is 1. The number of carbonyl (C=O) groups is 2. The molecular weight excluding hydrogens is 934 g/mol. The van der Waals surface area contributed by atoms with Gasteiger partial charge in [0.1, 0.15) is 6.29 Å². The third kappa shape index (κ3) is 57.2. The van der Waals surface area contributed by atoms with Crippen LogP contribution in [0.2, 0.25) is 0 Å². The van der Waals surface area contributed by atoms with Gasteiger partial charge in [0.05, 0.1) is 250 Å².